The van der Waals surface area contributed by atoms with Crippen molar-refractivity contribution in [2.24, 2.45) is 11.8 Å². The topological polar surface area (TPSA) is 0 Å². The van der Waals surface area contributed by atoms with E-state index in [-0.39, 0.29) is 0 Å². The van der Waals surface area contributed by atoms with Crippen molar-refractivity contribution in [3.63, 3.8) is 0 Å². The minimum atomic E-state index is 0.883. The van der Waals surface area contributed by atoms with Gasteiger partial charge in [0.2, 0.25) is 0 Å². The van der Waals surface area contributed by atoms with Crippen LogP contribution in [0.15, 0.2) is 24.3 Å². The third-order valence-electron chi connectivity index (χ3n) is 2.30. The Bertz CT molecular complexity index is 135. The van der Waals surface area contributed by atoms with Crippen LogP contribution in [0.3, 0.4) is 0 Å². The third kappa shape index (κ3) is 0.937. The first kappa shape index (κ1) is 5.28. The summed E-state index contributed by atoms with van der Waals surface area (Å²) < 4.78 is 0. The highest BCUT2D eigenvalue weighted by molar-refractivity contribution is 5.08. The molecule has 0 unspecified atom stereocenters. The highest BCUT2D eigenvalue weighted by Gasteiger charge is 2.17. The maximum atomic E-state index is 2.38. The van der Waals surface area contributed by atoms with Gasteiger partial charge in [-0.05, 0) is 31.1 Å². The minimum absolute atomic E-state index is 0.883. The molecule has 0 amide bonds. The summed E-state index contributed by atoms with van der Waals surface area (Å²) in [7, 11) is 0. The van der Waals surface area contributed by atoms with E-state index in [1.807, 2.05) is 0 Å². The molecule has 2 aliphatic rings. The van der Waals surface area contributed by atoms with Crippen LogP contribution < -0.4 is 0 Å². The normalized spacial score (nSPS) is 39.1. The van der Waals surface area contributed by atoms with E-state index in [0.29, 0.717) is 0 Å². The zero-order chi connectivity index (χ0) is 6.10. The van der Waals surface area contributed by atoms with Crippen molar-refractivity contribution in [2.75, 3.05) is 0 Å². The standard InChI is InChI=1S/C9H12/c1-3-8-5-2-6-9(4-1)7-8/h1-3,6,8-9H,4-5,7H2/t8-,9+/m1/s1. The average Bonchev–Trinajstić information content (AvgIpc) is 1.88. The summed E-state index contributed by atoms with van der Waals surface area (Å²) in [6.45, 7) is 0. The summed E-state index contributed by atoms with van der Waals surface area (Å²) in [6.07, 6.45) is 13.4. The fourth-order valence-electron chi connectivity index (χ4n) is 1.79. The van der Waals surface area contributed by atoms with E-state index in [2.05, 4.69) is 24.3 Å². The van der Waals surface area contributed by atoms with Gasteiger partial charge in [0.25, 0.3) is 0 Å². The van der Waals surface area contributed by atoms with E-state index >= 15 is 0 Å². The van der Waals surface area contributed by atoms with Gasteiger partial charge in [0.1, 0.15) is 0 Å². The Morgan fingerprint density at radius 1 is 0.889 bits per heavy atom. The summed E-state index contributed by atoms with van der Waals surface area (Å²) in [4.78, 5) is 0. The molecule has 2 rings (SSSR count). The van der Waals surface area contributed by atoms with E-state index in [0.717, 1.165) is 11.8 Å². The Balaban J connectivity index is 2.20. The minimum Gasteiger partial charge on any atom is -0.0877 e. The number of hydrogen-bond donors (Lipinski definition) is 0. The molecule has 0 spiro atoms. The number of fused-ring (bicyclic) bond motifs is 2. The number of hydrogen-bond acceptors (Lipinski definition) is 0. The molecule has 2 aliphatic carbocycles. The lowest BCUT2D eigenvalue weighted by molar-refractivity contribution is 0.443. The number of allylic oxidation sites excluding steroid dienone is 4. The molecule has 2 atom stereocenters. The van der Waals surface area contributed by atoms with Crippen LogP contribution >= 0.6 is 0 Å². The summed E-state index contributed by atoms with van der Waals surface area (Å²) in [5.41, 5.74) is 0. The van der Waals surface area contributed by atoms with Crippen LogP contribution in [-0.4, -0.2) is 0 Å². The van der Waals surface area contributed by atoms with Gasteiger partial charge in [-0.3, -0.25) is 0 Å². The zero-order valence-corrected chi connectivity index (χ0v) is 5.59. The number of rotatable bonds is 0. The largest absolute Gasteiger partial charge is 0.0877 e. The van der Waals surface area contributed by atoms with E-state index in [1.54, 1.807) is 0 Å². The van der Waals surface area contributed by atoms with Crippen molar-refractivity contribution in [1.82, 2.24) is 0 Å². The van der Waals surface area contributed by atoms with Crippen molar-refractivity contribution < 1.29 is 0 Å². The van der Waals surface area contributed by atoms with Crippen LogP contribution in [0.1, 0.15) is 19.3 Å². The van der Waals surface area contributed by atoms with Crippen molar-refractivity contribution in [2.45, 2.75) is 19.3 Å². The van der Waals surface area contributed by atoms with Crippen LogP contribution in [0.2, 0.25) is 0 Å². The lowest BCUT2D eigenvalue weighted by atomic mass is 9.81. The van der Waals surface area contributed by atoms with Crippen molar-refractivity contribution >= 4 is 0 Å². The lowest BCUT2D eigenvalue weighted by Crippen LogP contribution is -2.12. The molecule has 0 heterocycles. The quantitative estimate of drug-likeness (QED) is 0.431. The highest BCUT2D eigenvalue weighted by atomic mass is 14.2. The van der Waals surface area contributed by atoms with Crippen LogP contribution in [0, 0.1) is 11.8 Å². The SMILES string of the molecule is C1=C[C@@H]2CC=C[C@H](C1)C2. The van der Waals surface area contributed by atoms with E-state index in [4.69, 9.17) is 0 Å². The van der Waals surface area contributed by atoms with Gasteiger partial charge in [-0.1, -0.05) is 24.3 Å². The fraction of sp³-hybridized carbons (Fsp3) is 0.556. The first-order valence-corrected chi connectivity index (χ1v) is 3.78. The molecule has 0 saturated heterocycles. The molecule has 0 heteroatoms. The monoisotopic (exact) mass is 120 g/mol. The van der Waals surface area contributed by atoms with Crippen LogP contribution in [0.5, 0.6) is 0 Å². The summed E-state index contributed by atoms with van der Waals surface area (Å²) in [6, 6.07) is 0. The maximum absolute atomic E-state index is 2.38. The third-order valence-corrected chi connectivity index (χ3v) is 2.30. The fourth-order valence-corrected chi connectivity index (χ4v) is 1.79. The van der Waals surface area contributed by atoms with Gasteiger partial charge in [0.15, 0.2) is 0 Å². The molecule has 48 valence electrons. The van der Waals surface area contributed by atoms with Crippen LogP contribution in [-0.2, 0) is 0 Å². The second kappa shape index (κ2) is 2.02. The molecule has 9 heavy (non-hydrogen) atoms. The Kier molecular flexibility index (Phi) is 1.18. The van der Waals surface area contributed by atoms with Crippen LogP contribution in [0.4, 0.5) is 0 Å². The second-order valence-electron chi connectivity index (χ2n) is 3.08. The first-order chi connectivity index (χ1) is 4.45. The predicted molar refractivity (Wildman–Crippen MR) is 39.1 cm³/mol. The Labute approximate surface area is 56.3 Å². The van der Waals surface area contributed by atoms with Gasteiger partial charge in [0.05, 0.1) is 0 Å². The van der Waals surface area contributed by atoms with E-state index < -0.39 is 0 Å². The molecule has 0 saturated carbocycles. The van der Waals surface area contributed by atoms with Gasteiger partial charge < -0.3 is 0 Å². The summed E-state index contributed by atoms with van der Waals surface area (Å²) in [5, 5.41) is 0. The molecule has 0 fully saturated rings. The Morgan fingerprint density at radius 3 is 1.89 bits per heavy atom. The lowest BCUT2D eigenvalue weighted by Gasteiger charge is -2.25. The molecule has 0 N–H and O–H groups in total. The zero-order valence-electron chi connectivity index (χ0n) is 5.59. The molecule has 0 nitrogen and oxygen atoms in total. The molecule has 0 aromatic rings. The molecule has 2 bridgehead atoms. The van der Waals surface area contributed by atoms with Gasteiger partial charge >= 0.3 is 0 Å². The van der Waals surface area contributed by atoms with Gasteiger partial charge in [-0.25, -0.2) is 0 Å². The van der Waals surface area contributed by atoms with Gasteiger partial charge in [-0.2, -0.15) is 0 Å². The predicted octanol–water partition coefficient (Wildman–Crippen LogP) is 2.53. The first-order valence-electron chi connectivity index (χ1n) is 3.78. The smallest absolute Gasteiger partial charge is 0.0193 e. The van der Waals surface area contributed by atoms with E-state index in [9.17, 15) is 0 Å². The Morgan fingerprint density at radius 2 is 1.44 bits per heavy atom. The van der Waals surface area contributed by atoms with Crippen molar-refractivity contribution in [3.05, 3.63) is 24.3 Å². The second-order valence-corrected chi connectivity index (χ2v) is 3.08. The molecular formula is C9H12. The molecule has 0 radical (unpaired) electrons. The molecular weight excluding hydrogens is 108 g/mol. The molecule has 0 aromatic carbocycles. The highest BCUT2D eigenvalue weighted by Crippen LogP contribution is 2.30. The summed E-state index contributed by atoms with van der Waals surface area (Å²) >= 11 is 0. The van der Waals surface area contributed by atoms with Crippen molar-refractivity contribution in [3.8, 4) is 0 Å². The van der Waals surface area contributed by atoms with E-state index in [1.165, 1.54) is 19.3 Å². The average molecular weight is 120 g/mol. The Hall–Kier alpha value is -0.520. The summed E-state index contributed by atoms with van der Waals surface area (Å²) in [5.74, 6) is 1.77. The van der Waals surface area contributed by atoms with Gasteiger partial charge in [-0.15, -0.1) is 0 Å². The molecule has 0 aromatic heterocycles. The van der Waals surface area contributed by atoms with Crippen LogP contribution in [0.25, 0.3) is 0 Å². The van der Waals surface area contributed by atoms with Gasteiger partial charge in [0, 0.05) is 0 Å². The molecule has 0 aliphatic heterocycles. The maximum Gasteiger partial charge on any atom is -0.0193 e. The van der Waals surface area contributed by atoms with Crippen molar-refractivity contribution in [1.29, 1.82) is 0 Å².